The van der Waals surface area contributed by atoms with Crippen molar-refractivity contribution in [3.8, 4) is 0 Å². The highest BCUT2D eigenvalue weighted by atomic mass is 35.5. The van der Waals surface area contributed by atoms with Crippen LogP contribution in [0.1, 0.15) is 31.2 Å². The highest BCUT2D eigenvalue weighted by Crippen LogP contribution is 2.68. The monoisotopic (exact) mass is 221 g/mol. The summed E-state index contributed by atoms with van der Waals surface area (Å²) in [5, 5.41) is 0.811. The Balaban J connectivity index is 1.88. The minimum Gasteiger partial charge on any atom is -0.330 e. The van der Waals surface area contributed by atoms with Gasteiger partial charge in [-0.15, -0.1) is 0 Å². The molecule has 2 fully saturated rings. The molecule has 2 aliphatic carbocycles. The molecule has 0 radical (unpaired) electrons. The van der Waals surface area contributed by atoms with Crippen molar-refractivity contribution in [3.05, 3.63) is 34.9 Å². The lowest BCUT2D eigenvalue weighted by molar-refractivity contribution is 0.126. The summed E-state index contributed by atoms with van der Waals surface area (Å²) in [5.74, 6) is 0. The predicted molar refractivity (Wildman–Crippen MR) is 63.1 cm³/mol. The molecular weight excluding hydrogens is 206 g/mol. The fourth-order valence-electron chi connectivity index (χ4n) is 3.18. The Morgan fingerprint density at radius 1 is 1.13 bits per heavy atom. The zero-order valence-corrected chi connectivity index (χ0v) is 9.56. The van der Waals surface area contributed by atoms with E-state index in [0.717, 1.165) is 11.6 Å². The van der Waals surface area contributed by atoms with Crippen LogP contribution >= 0.6 is 11.6 Å². The number of hydrogen-bond acceptors (Lipinski definition) is 1. The van der Waals surface area contributed by atoms with Gasteiger partial charge < -0.3 is 5.73 Å². The van der Waals surface area contributed by atoms with Crippen LogP contribution in [0.2, 0.25) is 5.02 Å². The van der Waals surface area contributed by atoms with Crippen molar-refractivity contribution in [2.75, 3.05) is 6.54 Å². The molecule has 0 saturated heterocycles. The van der Waals surface area contributed by atoms with Crippen LogP contribution < -0.4 is 5.73 Å². The first-order valence-electron chi connectivity index (χ1n) is 5.64. The van der Waals surface area contributed by atoms with E-state index in [1.807, 2.05) is 12.1 Å². The van der Waals surface area contributed by atoms with Gasteiger partial charge in [0, 0.05) is 17.0 Å². The molecule has 2 saturated carbocycles. The Morgan fingerprint density at radius 3 is 2.20 bits per heavy atom. The van der Waals surface area contributed by atoms with E-state index in [9.17, 15) is 0 Å². The normalized spacial score (nSPS) is 24.9. The molecule has 80 valence electrons. The summed E-state index contributed by atoms with van der Waals surface area (Å²) in [6.45, 7) is 0.774. The highest BCUT2D eigenvalue weighted by Gasteiger charge is 2.60. The molecular formula is C13H16ClN. The second kappa shape index (κ2) is 2.99. The summed E-state index contributed by atoms with van der Waals surface area (Å²) in [5.41, 5.74) is 8.29. The van der Waals surface area contributed by atoms with E-state index < -0.39 is 0 Å². The first kappa shape index (κ1) is 9.68. The molecule has 1 aromatic rings. The van der Waals surface area contributed by atoms with E-state index in [1.165, 1.54) is 31.2 Å². The summed E-state index contributed by atoms with van der Waals surface area (Å²) in [7, 11) is 0. The molecule has 1 nitrogen and oxygen atoms in total. The SMILES string of the molecule is NCC1(c2ccc(Cl)cc2)CC2(CC2)C1. The van der Waals surface area contributed by atoms with Gasteiger partial charge in [0.2, 0.25) is 0 Å². The second-order valence-electron chi connectivity index (χ2n) is 5.34. The highest BCUT2D eigenvalue weighted by molar-refractivity contribution is 6.30. The summed E-state index contributed by atoms with van der Waals surface area (Å²) < 4.78 is 0. The Hall–Kier alpha value is -0.530. The number of halogens is 1. The first-order chi connectivity index (χ1) is 7.18. The van der Waals surface area contributed by atoms with Crippen LogP contribution in [-0.4, -0.2) is 6.54 Å². The van der Waals surface area contributed by atoms with Gasteiger partial charge in [0.05, 0.1) is 0 Å². The molecule has 1 spiro atoms. The van der Waals surface area contributed by atoms with Crippen LogP contribution in [-0.2, 0) is 5.41 Å². The summed E-state index contributed by atoms with van der Waals surface area (Å²) >= 11 is 5.90. The van der Waals surface area contributed by atoms with Crippen LogP contribution in [0.15, 0.2) is 24.3 Å². The van der Waals surface area contributed by atoms with E-state index >= 15 is 0 Å². The topological polar surface area (TPSA) is 26.0 Å². The number of benzene rings is 1. The third kappa shape index (κ3) is 1.41. The maximum atomic E-state index is 5.95. The quantitative estimate of drug-likeness (QED) is 0.816. The summed E-state index contributed by atoms with van der Waals surface area (Å²) in [6, 6.07) is 8.24. The van der Waals surface area contributed by atoms with E-state index in [2.05, 4.69) is 12.1 Å². The van der Waals surface area contributed by atoms with Crippen LogP contribution in [0.4, 0.5) is 0 Å². The molecule has 2 aliphatic rings. The minimum atomic E-state index is 0.265. The smallest absolute Gasteiger partial charge is 0.0406 e. The van der Waals surface area contributed by atoms with Gasteiger partial charge in [-0.3, -0.25) is 0 Å². The third-order valence-corrected chi connectivity index (χ3v) is 4.48. The van der Waals surface area contributed by atoms with Crippen molar-refractivity contribution in [3.63, 3.8) is 0 Å². The zero-order chi connectivity index (χ0) is 10.5. The van der Waals surface area contributed by atoms with Crippen molar-refractivity contribution < 1.29 is 0 Å². The van der Waals surface area contributed by atoms with Crippen molar-refractivity contribution in [2.45, 2.75) is 31.1 Å². The molecule has 1 aromatic carbocycles. The summed E-state index contributed by atoms with van der Waals surface area (Å²) in [4.78, 5) is 0. The number of nitrogens with two attached hydrogens (primary N) is 1. The van der Waals surface area contributed by atoms with Crippen LogP contribution in [0.25, 0.3) is 0 Å². The van der Waals surface area contributed by atoms with Gasteiger partial charge >= 0.3 is 0 Å². The average molecular weight is 222 g/mol. The Bertz CT molecular complexity index is 370. The van der Waals surface area contributed by atoms with Gasteiger partial charge in [-0.05, 0) is 48.8 Å². The molecule has 0 amide bonds. The molecule has 0 unspecified atom stereocenters. The molecule has 2 heteroatoms. The van der Waals surface area contributed by atoms with Gasteiger partial charge in [-0.1, -0.05) is 23.7 Å². The molecule has 0 aliphatic heterocycles. The molecule has 2 N–H and O–H groups in total. The van der Waals surface area contributed by atoms with Gasteiger partial charge in [-0.25, -0.2) is 0 Å². The Kier molecular flexibility index (Phi) is 1.93. The van der Waals surface area contributed by atoms with Crippen LogP contribution in [0.5, 0.6) is 0 Å². The summed E-state index contributed by atoms with van der Waals surface area (Å²) in [6.07, 6.45) is 5.42. The number of rotatable bonds is 2. The van der Waals surface area contributed by atoms with Crippen molar-refractivity contribution in [1.82, 2.24) is 0 Å². The van der Waals surface area contributed by atoms with Gasteiger partial charge in [0.15, 0.2) is 0 Å². The Labute approximate surface area is 95.6 Å². The molecule has 0 aromatic heterocycles. The van der Waals surface area contributed by atoms with E-state index in [0.29, 0.717) is 5.41 Å². The van der Waals surface area contributed by atoms with Crippen LogP contribution in [0, 0.1) is 5.41 Å². The maximum absolute atomic E-state index is 5.95. The first-order valence-corrected chi connectivity index (χ1v) is 6.02. The van der Waals surface area contributed by atoms with Gasteiger partial charge in [-0.2, -0.15) is 0 Å². The van der Waals surface area contributed by atoms with Crippen molar-refractivity contribution in [2.24, 2.45) is 11.1 Å². The number of hydrogen-bond donors (Lipinski definition) is 1. The van der Waals surface area contributed by atoms with Crippen LogP contribution in [0.3, 0.4) is 0 Å². The molecule has 0 heterocycles. The standard InChI is InChI=1S/C13H16ClN/c14-11-3-1-10(2-4-11)13(9-15)7-12(8-13)5-6-12/h1-4H,5-9,15H2. The predicted octanol–water partition coefficient (Wildman–Crippen LogP) is 3.11. The van der Waals surface area contributed by atoms with E-state index in [-0.39, 0.29) is 5.41 Å². The molecule has 15 heavy (non-hydrogen) atoms. The largest absolute Gasteiger partial charge is 0.330 e. The van der Waals surface area contributed by atoms with Crippen molar-refractivity contribution in [1.29, 1.82) is 0 Å². The fraction of sp³-hybridized carbons (Fsp3) is 0.538. The molecule has 3 rings (SSSR count). The lowest BCUT2D eigenvalue weighted by Crippen LogP contribution is -2.48. The molecule has 0 bridgehead atoms. The molecule has 0 atom stereocenters. The maximum Gasteiger partial charge on any atom is 0.0406 e. The second-order valence-corrected chi connectivity index (χ2v) is 5.78. The van der Waals surface area contributed by atoms with E-state index in [4.69, 9.17) is 17.3 Å². The van der Waals surface area contributed by atoms with Gasteiger partial charge in [0.1, 0.15) is 0 Å². The average Bonchev–Trinajstić information content (AvgIpc) is 2.96. The lowest BCUT2D eigenvalue weighted by Gasteiger charge is -2.48. The van der Waals surface area contributed by atoms with Crippen molar-refractivity contribution >= 4 is 11.6 Å². The fourth-order valence-corrected chi connectivity index (χ4v) is 3.31. The van der Waals surface area contributed by atoms with Gasteiger partial charge in [0.25, 0.3) is 0 Å². The lowest BCUT2D eigenvalue weighted by atomic mass is 9.56. The van der Waals surface area contributed by atoms with E-state index in [1.54, 1.807) is 0 Å². The minimum absolute atomic E-state index is 0.265. The third-order valence-electron chi connectivity index (χ3n) is 4.23. The Morgan fingerprint density at radius 2 is 1.73 bits per heavy atom. The zero-order valence-electron chi connectivity index (χ0n) is 8.80.